The molecule has 0 N–H and O–H groups in total. The quantitative estimate of drug-likeness (QED) is 0.795. The lowest BCUT2D eigenvalue weighted by Gasteiger charge is -2.32. The van der Waals surface area contributed by atoms with E-state index in [1.165, 1.54) is 24.3 Å². The Labute approximate surface area is 144 Å². The van der Waals surface area contributed by atoms with Gasteiger partial charge in [-0.2, -0.15) is 4.98 Å². The summed E-state index contributed by atoms with van der Waals surface area (Å²) in [5.41, 5.74) is 0. The number of carbonyl (C=O) groups is 1. The number of rotatable bonds is 6. The summed E-state index contributed by atoms with van der Waals surface area (Å²) in [7, 11) is 0. The van der Waals surface area contributed by atoms with Gasteiger partial charge in [-0.05, 0) is 44.0 Å². The second-order valence-corrected chi connectivity index (χ2v) is 5.89. The number of ether oxygens (including phenoxy) is 2. The molecular formula is C17H20FN3O4. The summed E-state index contributed by atoms with van der Waals surface area (Å²) in [5.74, 6) is 1.00. The zero-order valence-electron chi connectivity index (χ0n) is 14.0. The molecule has 0 saturated carbocycles. The summed E-state index contributed by atoms with van der Waals surface area (Å²) in [6, 6.07) is 5.59. The van der Waals surface area contributed by atoms with E-state index in [-0.39, 0.29) is 31.0 Å². The van der Waals surface area contributed by atoms with E-state index in [2.05, 4.69) is 10.1 Å². The van der Waals surface area contributed by atoms with Crippen molar-refractivity contribution in [2.45, 2.75) is 32.5 Å². The van der Waals surface area contributed by atoms with Crippen molar-refractivity contribution >= 4 is 5.91 Å². The van der Waals surface area contributed by atoms with Crippen LogP contribution in [-0.2, 0) is 16.1 Å². The number of halogens is 1. The molecule has 0 bridgehead atoms. The van der Waals surface area contributed by atoms with Gasteiger partial charge in [0.05, 0.1) is 6.10 Å². The topological polar surface area (TPSA) is 77.7 Å². The van der Waals surface area contributed by atoms with Crippen LogP contribution < -0.4 is 4.74 Å². The number of benzene rings is 1. The van der Waals surface area contributed by atoms with E-state index in [0.29, 0.717) is 30.6 Å². The van der Waals surface area contributed by atoms with Gasteiger partial charge in [0.25, 0.3) is 11.8 Å². The molecule has 1 saturated heterocycles. The van der Waals surface area contributed by atoms with Gasteiger partial charge in [0.2, 0.25) is 0 Å². The Morgan fingerprint density at radius 1 is 1.40 bits per heavy atom. The highest BCUT2D eigenvalue weighted by Gasteiger charge is 2.25. The molecule has 0 radical (unpaired) electrons. The predicted octanol–water partition coefficient (Wildman–Crippen LogP) is 2.10. The minimum atomic E-state index is -0.342. The van der Waals surface area contributed by atoms with Crippen LogP contribution in [0.1, 0.15) is 24.6 Å². The van der Waals surface area contributed by atoms with Crippen molar-refractivity contribution < 1.29 is 23.2 Å². The smallest absolute Gasteiger partial charge is 0.260 e. The highest BCUT2D eigenvalue weighted by atomic mass is 19.1. The molecule has 0 aliphatic carbocycles. The van der Waals surface area contributed by atoms with Gasteiger partial charge in [-0.3, -0.25) is 4.79 Å². The van der Waals surface area contributed by atoms with Gasteiger partial charge in [0, 0.05) is 13.1 Å². The van der Waals surface area contributed by atoms with E-state index in [9.17, 15) is 9.18 Å². The number of amides is 1. The summed E-state index contributed by atoms with van der Waals surface area (Å²) in [5, 5.41) is 3.71. The molecule has 1 aromatic heterocycles. The second kappa shape index (κ2) is 8.06. The largest absolute Gasteiger partial charge is 0.484 e. The normalized spacial score (nSPS) is 17.5. The zero-order chi connectivity index (χ0) is 17.6. The summed E-state index contributed by atoms with van der Waals surface area (Å²) in [4.78, 5) is 18.1. The first-order valence-electron chi connectivity index (χ1n) is 8.17. The first kappa shape index (κ1) is 17.3. The zero-order valence-corrected chi connectivity index (χ0v) is 14.0. The van der Waals surface area contributed by atoms with Gasteiger partial charge in [-0.15, -0.1) is 0 Å². The maximum absolute atomic E-state index is 12.9. The van der Waals surface area contributed by atoms with Crippen LogP contribution in [0.25, 0.3) is 0 Å². The summed E-state index contributed by atoms with van der Waals surface area (Å²) in [6.07, 6.45) is 1.65. The predicted molar refractivity (Wildman–Crippen MR) is 85.3 cm³/mol. The van der Waals surface area contributed by atoms with Crippen molar-refractivity contribution in [1.29, 1.82) is 0 Å². The SMILES string of the molecule is Cc1noc(COC2CCCN(C(=O)COc3ccc(F)cc3)C2)n1. The van der Waals surface area contributed by atoms with E-state index in [4.69, 9.17) is 14.0 Å². The van der Waals surface area contributed by atoms with E-state index in [1.54, 1.807) is 11.8 Å². The fourth-order valence-corrected chi connectivity index (χ4v) is 2.66. The van der Waals surface area contributed by atoms with Crippen molar-refractivity contribution in [3.05, 3.63) is 41.8 Å². The molecule has 1 atom stereocenters. The average molecular weight is 349 g/mol. The molecule has 1 aliphatic rings. The highest BCUT2D eigenvalue weighted by molar-refractivity contribution is 5.77. The Bertz CT molecular complexity index is 704. The molecule has 2 heterocycles. The molecule has 8 heteroatoms. The number of aryl methyl sites for hydroxylation is 1. The lowest BCUT2D eigenvalue weighted by atomic mass is 10.1. The lowest BCUT2D eigenvalue weighted by molar-refractivity contribution is -0.138. The van der Waals surface area contributed by atoms with Crippen LogP contribution >= 0.6 is 0 Å². The van der Waals surface area contributed by atoms with Crippen LogP contribution in [0.4, 0.5) is 4.39 Å². The van der Waals surface area contributed by atoms with Crippen molar-refractivity contribution in [2.75, 3.05) is 19.7 Å². The van der Waals surface area contributed by atoms with Crippen LogP contribution in [-0.4, -0.2) is 46.7 Å². The Morgan fingerprint density at radius 3 is 2.92 bits per heavy atom. The minimum absolute atomic E-state index is 0.0734. The van der Waals surface area contributed by atoms with Crippen LogP contribution in [0.15, 0.2) is 28.8 Å². The Balaban J connectivity index is 1.45. The van der Waals surface area contributed by atoms with Gasteiger partial charge in [-0.25, -0.2) is 4.39 Å². The first-order chi connectivity index (χ1) is 12.1. The van der Waals surface area contributed by atoms with Gasteiger partial charge in [-0.1, -0.05) is 5.16 Å². The number of aromatic nitrogens is 2. The van der Waals surface area contributed by atoms with E-state index in [1.807, 2.05) is 0 Å². The molecule has 0 spiro atoms. The molecule has 3 rings (SSSR count). The van der Waals surface area contributed by atoms with Crippen LogP contribution in [0.5, 0.6) is 5.75 Å². The number of piperidine rings is 1. The fourth-order valence-electron chi connectivity index (χ4n) is 2.66. The third kappa shape index (κ3) is 4.99. The minimum Gasteiger partial charge on any atom is -0.484 e. The molecule has 1 aliphatic heterocycles. The number of likely N-dealkylation sites (tertiary alicyclic amines) is 1. The molecule has 7 nitrogen and oxygen atoms in total. The average Bonchev–Trinajstić information content (AvgIpc) is 3.05. The molecule has 1 unspecified atom stereocenters. The molecule has 134 valence electrons. The Kier molecular flexibility index (Phi) is 5.60. The lowest BCUT2D eigenvalue weighted by Crippen LogP contribution is -2.45. The highest BCUT2D eigenvalue weighted by Crippen LogP contribution is 2.16. The molecule has 1 amide bonds. The maximum Gasteiger partial charge on any atom is 0.260 e. The van der Waals surface area contributed by atoms with E-state index < -0.39 is 0 Å². The van der Waals surface area contributed by atoms with Gasteiger partial charge in [0.15, 0.2) is 12.4 Å². The third-order valence-corrected chi connectivity index (χ3v) is 3.92. The Hall–Kier alpha value is -2.48. The summed E-state index contributed by atoms with van der Waals surface area (Å²) >= 11 is 0. The van der Waals surface area contributed by atoms with Gasteiger partial charge >= 0.3 is 0 Å². The monoisotopic (exact) mass is 349 g/mol. The van der Waals surface area contributed by atoms with Crippen LogP contribution in [0.2, 0.25) is 0 Å². The summed E-state index contributed by atoms with van der Waals surface area (Å²) < 4.78 is 29.0. The molecule has 25 heavy (non-hydrogen) atoms. The van der Waals surface area contributed by atoms with Gasteiger partial charge in [0.1, 0.15) is 18.2 Å². The summed E-state index contributed by atoms with van der Waals surface area (Å²) in [6.45, 7) is 3.07. The fraction of sp³-hybridized carbons (Fsp3) is 0.471. The van der Waals surface area contributed by atoms with Crippen LogP contribution in [0, 0.1) is 12.7 Å². The molecule has 1 aromatic carbocycles. The molecular weight excluding hydrogens is 329 g/mol. The van der Waals surface area contributed by atoms with Crippen molar-refractivity contribution in [2.24, 2.45) is 0 Å². The van der Waals surface area contributed by atoms with Crippen LogP contribution in [0.3, 0.4) is 0 Å². The van der Waals surface area contributed by atoms with Crippen molar-refractivity contribution in [1.82, 2.24) is 15.0 Å². The second-order valence-electron chi connectivity index (χ2n) is 5.89. The third-order valence-electron chi connectivity index (χ3n) is 3.92. The molecule has 1 fully saturated rings. The molecule has 2 aromatic rings. The first-order valence-corrected chi connectivity index (χ1v) is 8.17. The number of carbonyl (C=O) groups excluding carboxylic acids is 1. The van der Waals surface area contributed by atoms with E-state index >= 15 is 0 Å². The standard InChI is InChI=1S/C17H20FN3O4/c1-12-19-16(25-20-12)10-23-15-3-2-8-21(9-15)17(22)11-24-14-6-4-13(18)5-7-14/h4-7,15H,2-3,8-11H2,1H3. The van der Waals surface area contributed by atoms with Gasteiger partial charge < -0.3 is 18.9 Å². The number of nitrogens with zero attached hydrogens (tertiary/aromatic N) is 3. The maximum atomic E-state index is 12.9. The Morgan fingerprint density at radius 2 is 2.20 bits per heavy atom. The van der Waals surface area contributed by atoms with Crippen molar-refractivity contribution in [3.63, 3.8) is 0 Å². The van der Waals surface area contributed by atoms with Crippen molar-refractivity contribution in [3.8, 4) is 5.75 Å². The number of hydrogen-bond donors (Lipinski definition) is 0. The van der Waals surface area contributed by atoms with E-state index in [0.717, 1.165) is 12.8 Å². The number of hydrogen-bond acceptors (Lipinski definition) is 6.